The third kappa shape index (κ3) is 3.93. The van der Waals surface area contributed by atoms with Crippen LogP contribution in [0.2, 0.25) is 0 Å². The van der Waals surface area contributed by atoms with Crippen LogP contribution in [-0.4, -0.2) is 16.0 Å². The largest absolute Gasteiger partial charge is 0.365 e. The second-order valence-electron chi connectivity index (χ2n) is 6.87. The maximum Gasteiger partial charge on any atom is 0.225 e. The molecule has 4 rings (SSSR count). The van der Waals surface area contributed by atoms with E-state index in [-0.39, 0.29) is 5.82 Å². The first-order valence-corrected chi connectivity index (χ1v) is 9.29. The van der Waals surface area contributed by atoms with Gasteiger partial charge in [0.05, 0.1) is 5.52 Å². The van der Waals surface area contributed by atoms with Crippen molar-refractivity contribution in [2.75, 3.05) is 10.6 Å². The Morgan fingerprint density at radius 1 is 0.923 bits per heavy atom. The van der Waals surface area contributed by atoms with Crippen LogP contribution in [0, 0.1) is 5.82 Å². The molecule has 1 fully saturated rings. The second-order valence-corrected chi connectivity index (χ2v) is 6.87. The summed E-state index contributed by atoms with van der Waals surface area (Å²) in [5.41, 5.74) is 1.93. The van der Waals surface area contributed by atoms with Gasteiger partial charge in [-0.15, -0.1) is 0 Å². The van der Waals surface area contributed by atoms with Gasteiger partial charge in [-0.25, -0.2) is 9.37 Å². The van der Waals surface area contributed by atoms with E-state index in [4.69, 9.17) is 4.98 Å². The lowest BCUT2D eigenvalue weighted by Gasteiger charge is -2.23. The average Bonchev–Trinajstić information content (AvgIpc) is 2.68. The van der Waals surface area contributed by atoms with Gasteiger partial charge in [0, 0.05) is 18.0 Å². The number of benzene rings is 2. The molecule has 1 heterocycles. The van der Waals surface area contributed by atoms with E-state index in [9.17, 15) is 4.39 Å². The van der Waals surface area contributed by atoms with Gasteiger partial charge < -0.3 is 10.6 Å². The number of aromatic nitrogens is 2. The van der Waals surface area contributed by atoms with Crippen molar-refractivity contribution >= 4 is 22.7 Å². The van der Waals surface area contributed by atoms with E-state index in [0.717, 1.165) is 22.3 Å². The minimum atomic E-state index is -0.222. The average molecular weight is 350 g/mol. The van der Waals surface area contributed by atoms with Crippen molar-refractivity contribution in [3.05, 3.63) is 59.9 Å². The summed E-state index contributed by atoms with van der Waals surface area (Å²) in [4.78, 5) is 9.40. The van der Waals surface area contributed by atoms with Gasteiger partial charge in [-0.05, 0) is 42.7 Å². The highest BCUT2D eigenvalue weighted by atomic mass is 19.1. The maximum absolute atomic E-state index is 13.1. The molecule has 0 unspecified atom stereocenters. The molecule has 0 saturated heterocycles. The van der Waals surface area contributed by atoms with Crippen molar-refractivity contribution in [3.8, 4) is 0 Å². The zero-order chi connectivity index (χ0) is 17.8. The summed E-state index contributed by atoms with van der Waals surface area (Å²) in [6.07, 6.45) is 6.20. The lowest BCUT2D eigenvalue weighted by Crippen LogP contribution is -2.23. The molecular formula is C21H23FN4. The van der Waals surface area contributed by atoms with Gasteiger partial charge >= 0.3 is 0 Å². The SMILES string of the molecule is Fc1ccc(CNc2nc(NC3CCCCC3)nc3ccccc23)cc1. The van der Waals surface area contributed by atoms with Crippen LogP contribution < -0.4 is 10.6 Å². The van der Waals surface area contributed by atoms with Crippen LogP contribution in [0.15, 0.2) is 48.5 Å². The zero-order valence-corrected chi connectivity index (χ0v) is 14.7. The van der Waals surface area contributed by atoms with Crippen molar-refractivity contribution in [1.82, 2.24) is 9.97 Å². The molecule has 2 N–H and O–H groups in total. The number of nitrogens with one attached hydrogen (secondary N) is 2. The highest BCUT2D eigenvalue weighted by molar-refractivity contribution is 5.90. The molecule has 5 heteroatoms. The summed E-state index contributed by atoms with van der Waals surface area (Å²) in [6.45, 7) is 0.587. The molecule has 3 aromatic rings. The number of hydrogen-bond acceptors (Lipinski definition) is 4. The molecule has 0 radical (unpaired) electrons. The van der Waals surface area contributed by atoms with E-state index < -0.39 is 0 Å². The summed E-state index contributed by atoms with van der Waals surface area (Å²) in [6, 6.07) is 15.0. The molecular weight excluding hydrogens is 327 g/mol. The summed E-state index contributed by atoms with van der Waals surface area (Å²) >= 11 is 0. The van der Waals surface area contributed by atoms with Gasteiger partial charge in [-0.1, -0.05) is 43.5 Å². The number of halogens is 1. The Labute approximate surface area is 152 Å². The minimum absolute atomic E-state index is 0.222. The minimum Gasteiger partial charge on any atom is -0.365 e. The molecule has 0 bridgehead atoms. The van der Waals surface area contributed by atoms with Crippen molar-refractivity contribution < 1.29 is 4.39 Å². The standard InChI is InChI=1S/C21H23FN4/c22-16-12-10-15(11-13-16)14-23-20-18-8-4-5-9-19(18)25-21(26-20)24-17-6-2-1-3-7-17/h4-5,8-13,17H,1-3,6-7,14H2,(H2,23,24,25,26). The van der Waals surface area contributed by atoms with E-state index in [0.29, 0.717) is 18.5 Å². The van der Waals surface area contributed by atoms with Crippen molar-refractivity contribution in [1.29, 1.82) is 0 Å². The third-order valence-corrected chi connectivity index (χ3v) is 4.91. The lowest BCUT2D eigenvalue weighted by atomic mass is 9.96. The van der Waals surface area contributed by atoms with Crippen molar-refractivity contribution in [3.63, 3.8) is 0 Å². The molecule has 1 aliphatic carbocycles. The van der Waals surface area contributed by atoms with Gasteiger partial charge in [-0.2, -0.15) is 4.98 Å². The maximum atomic E-state index is 13.1. The Hall–Kier alpha value is -2.69. The Morgan fingerprint density at radius 2 is 1.69 bits per heavy atom. The van der Waals surface area contributed by atoms with Crippen LogP contribution in [0.25, 0.3) is 10.9 Å². The van der Waals surface area contributed by atoms with Crippen LogP contribution in [-0.2, 0) is 6.54 Å². The highest BCUT2D eigenvalue weighted by Crippen LogP contribution is 2.25. The molecule has 4 nitrogen and oxygen atoms in total. The van der Waals surface area contributed by atoms with Crippen LogP contribution in [0.1, 0.15) is 37.7 Å². The number of rotatable bonds is 5. The highest BCUT2D eigenvalue weighted by Gasteiger charge is 2.15. The first-order chi connectivity index (χ1) is 12.8. The molecule has 1 aliphatic rings. The van der Waals surface area contributed by atoms with Crippen LogP contribution in [0.3, 0.4) is 0 Å². The molecule has 0 spiro atoms. The van der Waals surface area contributed by atoms with E-state index in [1.807, 2.05) is 24.3 Å². The molecule has 0 amide bonds. The summed E-state index contributed by atoms with van der Waals surface area (Å²) in [7, 11) is 0. The van der Waals surface area contributed by atoms with Crippen molar-refractivity contribution in [2.45, 2.75) is 44.7 Å². The van der Waals surface area contributed by atoms with Gasteiger partial charge in [0.2, 0.25) is 5.95 Å². The van der Waals surface area contributed by atoms with Crippen LogP contribution in [0.5, 0.6) is 0 Å². The quantitative estimate of drug-likeness (QED) is 0.670. The van der Waals surface area contributed by atoms with E-state index >= 15 is 0 Å². The summed E-state index contributed by atoms with van der Waals surface area (Å²) in [5.74, 6) is 1.26. The third-order valence-electron chi connectivity index (χ3n) is 4.91. The summed E-state index contributed by atoms with van der Waals surface area (Å²) in [5, 5.41) is 7.88. The Balaban J connectivity index is 1.57. The second kappa shape index (κ2) is 7.68. The predicted molar refractivity (Wildman–Crippen MR) is 104 cm³/mol. The molecule has 134 valence electrons. The predicted octanol–water partition coefficient (Wildman–Crippen LogP) is 5.13. The smallest absolute Gasteiger partial charge is 0.225 e. The lowest BCUT2D eigenvalue weighted by molar-refractivity contribution is 0.461. The number of fused-ring (bicyclic) bond motifs is 1. The van der Waals surface area contributed by atoms with Crippen LogP contribution in [0.4, 0.5) is 16.2 Å². The van der Waals surface area contributed by atoms with Gasteiger partial charge in [-0.3, -0.25) is 0 Å². The topological polar surface area (TPSA) is 49.8 Å². The number of anilines is 2. The first-order valence-electron chi connectivity index (χ1n) is 9.29. The summed E-state index contributed by atoms with van der Waals surface area (Å²) < 4.78 is 13.1. The molecule has 1 saturated carbocycles. The van der Waals surface area contributed by atoms with E-state index in [2.05, 4.69) is 15.6 Å². The normalized spacial score (nSPS) is 15.1. The fourth-order valence-electron chi connectivity index (χ4n) is 3.49. The Bertz CT molecular complexity index is 873. The first kappa shape index (κ1) is 16.8. The Morgan fingerprint density at radius 3 is 2.50 bits per heavy atom. The Kier molecular flexibility index (Phi) is 4.95. The number of hydrogen-bond donors (Lipinski definition) is 2. The van der Waals surface area contributed by atoms with E-state index in [1.165, 1.54) is 44.2 Å². The molecule has 2 aromatic carbocycles. The van der Waals surface area contributed by atoms with Gasteiger partial charge in [0.25, 0.3) is 0 Å². The van der Waals surface area contributed by atoms with E-state index in [1.54, 1.807) is 12.1 Å². The monoisotopic (exact) mass is 350 g/mol. The zero-order valence-electron chi connectivity index (χ0n) is 14.7. The van der Waals surface area contributed by atoms with Gasteiger partial charge in [0.15, 0.2) is 0 Å². The molecule has 26 heavy (non-hydrogen) atoms. The fourth-order valence-corrected chi connectivity index (χ4v) is 3.49. The molecule has 1 aromatic heterocycles. The molecule has 0 aliphatic heterocycles. The van der Waals surface area contributed by atoms with Crippen LogP contribution >= 0.6 is 0 Å². The fraction of sp³-hybridized carbons (Fsp3) is 0.333. The van der Waals surface area contributed by atoms with Crippen molar-refractivity contribution in [2.24, 2.45) is 0 Å². The number of nitrogens with zero attached hydrogens (tertiary/aromatic N) is 2. The van der Waals surface area contributed by atoms with Gasteiger partial charge in [0.1, 0.15) is 11.6 Å². The molecule has 0 atom stereocenters. The number of para-hydroxylation sites is 1.